The number of ether oxygens (including phenoxy) is 4. The second kappa shape index (κ2) is 29.4. The molecule has 0 bridgehead atoms. The highest BCUT2D eigenvalue weighted by molar-refractivity contribution is 9.10. The third-order valence-electron chi connectivity index (χ3n) is 6.77. The molecule has 0 rings (SSSR count). The van der Waals surface area contributed by atoms with Crippen LogP contribution in [-0.4, -0.2) is 55.0 Å². The van der Waals surface area contributed by atoms with Crippen LogP contribution >= 0.6 is 31.4 Å². The van der Waals surface area contributed by atoms with Crippen molar-refractivity contribution in [1.82, 2.24) is 0 Å². The molecule has 9 heteroatoms. The molecular formula is C30H66O4S3Si2. The molecule has 0 radical (unpaired) electrons. The Morgan fingerprint density at radius 2 is 0.692 bits per heavy atom. The van der Waals surface area contributed by atoms with Gasteiger partial charge in [0.1, 0.15) is 19.0 Å². The number of unbranched alkanes of at least 4 members (excludes halogenated alkanes) is 10. The van der Waals surface area contributed by atoms with Gasteiger partial charge in [-0.3, -0.25) is 0 Å². The Hall–Kier alpha value is 1.32. The van der Waals surface area contributed by atoms with E-state index in [2.05, 4.69) is 41.5 Å². The van der Waals surface area contributed by atoms with E-state index >= 15 is 0 Å². The van der Waals surface area contributed by atoms with Gasteiger partial charge < -0.3 is 18.9 Å². The van der Waals surface area contributed by atoms with Gasteiger partial charge in [0.25, 0.3) is 0 Å². The first-order valence-electron chi connectivity index (χ1n) is 16.7. The lowest BCUT2D eigenvalue weighted by molar-refractivity contribution is -0.118. The molecule has 0 saturated heterocycles. The normalized spacial score (nSPS) is 13.1. The van der Waals surface area contributed by atoms with Crippen LogP contribution in [0, 0.1) is 0 Å². The first kappa shape index (κ1) is 40.3. The third kappa shape index (κ3) is 22.5. The average molecular weight is 643 g/mol. The first-order valence-corrected chi connectivity index (χ1v) is 23.6. The van der Waals surface area contributed by atoms with E-state index in [0.717, 1.165) is 52.1 Å². The lowest BCUT2D eigenvalue weighted by Crippen LogP contribution is -2.40. The summed E-state index contributed by atoms with van der Waals surface area (Å²) in [5.74, 6) is 0. The van der Waals surface area contributed by atoms with Crippen molar-refractivity contribution in [3.8, 4) is 0 Å². The zero-order valence-electron chi connectivity index (χ0n) is 26.8. The Labute approximate surface area is 260 Å². The molecule has 0 amide bonds. The molecule has 0 atom stereocenters. The van der Waals surface area contributed by atoms with Crippen molar-refractivity contribution < 1.29 is 18.9 Å². The highest BCUT2D eigenvalue weighted by atomic mass is 33.5. The average Bonchev–Trinajstić information content (AvgIpc) is 2.94. The van der Waals surface area contributed by atoms with E-state index in [1.807, 2.05) is 31.4 Å². The fourth-order valence-electron chi connectivity index (χ4n) is 4.17. The van der Waals surface area contributed by atoms with Crippen LogP contribution < -0.4 is 0 Å². The van der Waals surface area contributed by atoms with Gasteiger partial charge in [-0.25, -0.2) is 0 Å². The van der Waals surface area contributed by atoms with Crippen LogP contribution in [0.3, 0.4) is 0 Å². The van der Waals surface area contributed by atoms with Crippen LogP contribution in [0.4, 0.5) is 0 Å². The van der Waals surface area contributed by atoms with Crippen LogP contribution in [0.5, 0.6) is 0 Å². The standard InChI is InChI=1S/C30H66O4S3Si2/c1-7-13-19-23-31-29(38-27-17-11-5,32-24-20-14-8-2)35-37-36-30(39-28-18-12-6,33-25-21-15-9-3)34-26-22-16-10-4/h7-28,38-39H2,1-6H3. The largest absolute Gasteiger partial charge is 0.345 e. The van der Waals surface area contributed by atoms with Crippen molar-refractivity contribution >= 4 is 50.5 Å². The Bertz CT molecular complexity index is 441. The van der Waals surface area contributed by atoms with Crippen LogP contribution in [0.1, 0.15) is 144 Å². The Kier molecular flexibility index (Phi) is 30.4. The van der Waals surface area contributed by atoms with Crippen LogP contribution in [0.15, 0.2) is 0 Å². The SMILES string of the molecule is CCCCCOC(OCCCCC)([SiH2]CCCC)SSSC(OCCCCC)(OCCCCC)[SiH2]CCCC. The van der Waals surface area contributed by atoms with E-state index in [9.17, 15) is 0 Å². The molecule has 0 spiro atoms. The third-order valence-corrected chi connectivity index (χ3v) is 18.1. The summed E-state index contributed by atoms with van der Waals surface area (Å²) in [6, 6.07) is 2.54. The summed E-state index contributed by atoms with van der Waals surface area (Å²) in [6.45, 7) is 16.8. The molecule has 0 saturated carbocycles. The molecule has 0 fully saturated rings. The molecule has 0 aliphatic carbocycles. The van der Waals surface area contributed by atoms with Crippen LogP contribution in [0.25, 0.3) is 0 Å². The monoisotopic (exact) mass is 642 g/mol. The smallest absolute Gasteiger partial charge is 0.200 e. The van der Waals surface area contributed by atoms with Crippen molar-refractivity contribution in [3.05, 3.63) is 0 Å². The van der Waals surface area contributed by atoms with E-state index in [-0.39, 0.29) is 0 Å². The maximum absolute atomic E-state index is 6.70. The van der Waals surface area contributed by atoms with Crippen LogP contribution in [0.2, 0.25) is 12.1 Å². The van der Waals surface area contributed by atoms with Gasteiger partial charge in [0.15, 0.2) is 0 Å². The number of rotatable bonds is 32. The molecule has 0 aromatic heterocycles. The topological polar surface area (TPSA) is 36.9 Å². The van der Waals surface area contributed by atoms with Gasteiger partial charge in [-0.15, -0.1) is 0 Å². The summed E-state index contributed by atoms with van der Waals surface area (Å²) in [7, 11) is 4.38. The highest BCUT2D eigenvalue weighted by Crippen LogP contribution is 2.51. The van der Waals surface area contributed by atoms with Gasteiger partial charge >= 0.3 is 0 Å². The predicted octanol–water partition coefficient (Wildman–Crippen LogP) is 9.84. The fourth-order valence-corrected chi connectivity index (χ4v) is 17.6. The van der Waals surface area contributed by atoms with E-state index in [1.165, 1.54) is 89.1 Å². The maximum atomic E-state index is 6.70. The predicted molar refractivity (Wildman–Crippen MR) is 187 cm³/mol. The minimum Gasteiger partial charge on any atom is -0.345 e. The van der Waals surface area contributed by atoms with Crippen LogP contribution in [-0.2, 0) is 18.9 Å². The summed E-state index contributed by atoms with van der Waals surface area (Å²) in [5.41, 5.74) is 0. The van der Waals surface area contributed by atoms with E-state index in [1.54, 1.807) is 0 Å². The summed E-state index contributed by atoms with van der Waals surface area (Å²) >= 11 is 0. The summed E-state index contributed by atoms with van der Waals surface area (Å²) < 4.78 is 25.9. The van der Waals surface area contributed by atoms with E-state index in [0.29, 0.717) is 0 Å². The zero-order chi connectivity index (χ0) is 28.9. The number of hydrogen-bond donors (Lipinski definition) is 0. The summed E-state index contributed by atoms with van der Waals surface area (Å²) in [4.78, 5) is 0. The van der Waals surface area contributed by atoms with Gasteiger partial charge in [0, 0.05) is 0 Å². The number of hydrogen-bond acceptors (Lipinski definition) is 7. The van der Waals surface area contributed by atoms with Crippen molar-refractivity contribution in [2.45, 2.75) is 166 Å². The zero-order valence-corrected chi connectivity index (χ0v) is 32.1. The Balaban J connectivity index is 5.62. The molecule has 0 aliphatic heterocycles. The molecule has 0 unspecified atom stereocenters. The lowest BCUT2D eigenvalue weighted by Gasteiger charge is -2.36. The molecule has 0 aromatic carbocycles. The van der Waals surface area contributed by atoms with Gasteiger partial charge in [-0.2, -0.15) is 0 Å². The van der Waals surface area contributed by atoms with Gasteiger partial charge in [-0.05, 0) is 57.1 Å². The second-order valence-corrected chi connectivity index (χ2v) is 20.4. The molecule has 39 heavy (non-hydrogen) atoms. The van der Waals surface area contributed by atoms with Crippen molar-refractivity contribution in [2.24, 2.45) is 0 Å². The Morgan fingerprint density at radius 1 is 0.410 bits per heavy atom. The van der Waals surface area contributed by atoms with Crippen molar-refractivity contribution in [3.63, 3.8) is 0 Å². The first-order chi connectivity index (χ1) is 19.1. The maximum Gasteiger partial charge on any atom is 0.200 e. The van der Waals surface area contributed by atoms with E-state index in [4.69, 9.17) is 18.9 Å². The van der Waals surface area contributed by atoms with Gasteiger partial charge in [-0.1, -0.05) is 131 Å². The molecule has 0 aliphatic rings. The minimum absolute atomic E-state index is 0.449. The molecule has 0 aromatic rings. The fraction of sp³-hybridized carbons (Fsp3) is 1.00. The summed E-state index contributed by atoms with van der Waals surface area (Å²) in [5, 5.41) is 0. The molecule has 4 nitrogen and oxygen atoms in total. The summed E-state index contributed by atoms with van der Waals surface area (Å²) in [6.07, 6.45) is 19.3. The van der Waals surface area contributed by atoms with Crippen molar-refractivity contribution in [1.29, 1.82) is 0 Å². The highest BCUT2D eigenvalue weighted by Gasteiger charge is 2.38. The lowest BCUT2D eigenvalue weighted by atomic mass is 10.3. The van der Waals surface area contributed by atoms with Crippen molar-refractivity contribution in [2.75, 3.05) is 26.4 Å². The minimum atomic E-state index is -0.576. The van der Waals surface area contributed by atoms with Gasteiger partial charge in [0.2, 0.25) is 9.48 Å². The Morgan fingerprint density at radius 3 is 0.949 bits per heavy atom. The molecule has 236 valence electrons. The second-order valence-electron chi connectivity index (χ2n) is 10.7. The van der Waals surface area contributed by atoms with E-state index < -0.39 is 28.5 Å². The quantitative estimate of drug-likeness (QED) is 0.0313. The molecular weight excluding hydrogens is 577 g/mol. The van der Waals surface area contributed by atoms with Gasteiger partial charge in [0.05, 0.1) is 26.4 Å². The molecule has 0 N–H and O–H groups in total. The molecule has 0 heterocycles.